The molecule has 1 rings (SSSR count). The van der Waals surface area contributed by atoms with Crippen molar-refractivity contribution in [2.45, 2.75) is 12.8 Å². The number of halogens is 2. The third-order valence-electron chi connectivity index (χ3n) is 2.18. The fourth-order valence-corrected chi connectivity index (χ4v) is 1.35. The van der Waals surface area contributed by atoms with Crippen molar-refractivity contribution < 1.29 is 18.7 Å². The Labute approximate surface area is 92.3 Å². The van der Waals surface area contributed by atoms with E-state index in [-0.39, 0.29) is 18.5 Å². The quantitative estimate of drug-likeness (QED) is 0.859. The van der Waals surface area contributed by atoms with Crippen molar-refractivity contribution in [1.82, 2.24) is 0 Å². The van der Waals surface area contributed by atoms with Gasteiger partial charge in [-0.05, 0) is 24.1 Å². The van der Waals surface area contributed by atoms with E-state index in [0.29, 0.717) is 5.56 Å². The van der Waals surface area contributed by atoms with Crippen LogP contribution in [0.15, 0.2) is 12.1 Å². The molecule has 0 aliphatic rings. The lowest BCUT2D eigenvalue weighted by Crippen LogP contribution is -2.12. The molecule has 5 heteroatoms. The topological polar surface area (TPSA) is 40.5 Å². The SMILES string of the molecule is CN(C)c1cc(CCC(=O)O)cc(F)c1F. The van der Waals surface area contributed by atoms with Crippen LogP contribution in [0.4, 0.5) is 14.5 Å². The van der Waals surface area contributed by atoms with E-state index in [1.165, 1.54) is 11.0 Å². The van der Waals surface area contributed by atoms with Gasteiger partial charge in [-0.1, -0.05) is 0 Å². The summed E-state index contributed by atoms with van der Waals surface area (Å²) in [4.78, 5) is 11.8. The van der Waals surface area contributed by atoms with Crippen molar-refractivity contribution in [3.63, 3.8) is 0 Å². The van der Waals surface area contributed by atoms with Gasteiger partial charge >= 0.3 is 5.97 Å². The van der Waals surface area contributed by atoms with Gasteiger partial charge in [-0.3, -0.25) is 4.79 Å². The summed E-state index contributed by atoms with van der Waals surface area (Å²) in [6, 6.07) is 2.49. The molecule has 0 atom stereocenters. The molecule has 0 bridgehead atoms. The number of carbonyl (C=O) groups is 1. The number of hydrogen-bond acceptors (Lipinski definition) is 2. The van der Waals surface area contributed by atoms with Crippen molar-refractivity contribution in [3.8, 4) is 0 Å². The number of aryl methyl sites for hydroxylation is 1. The molecule has 0 unspecified atom stereocenters. The zero-order valence-electron chi connectivity index (χ0n) is 9.13. The fraction of sp³-hybridized carbons (Fsp3) is 0.364. The number of aliphatic carboxylic acids is 1. The van der Waals surface area contributed by atoms with Crippen molar-refractivity contribution in [2.75, 3.05) is 19.0 Å². The molecule has 0 aliphatic heterocycles. The first-order valence-electron chi connectivity index (χ1n) is 4.79. The van der Waals surface area contributed by atoms with Gasteiger partial charge in [-0.15, -0.1) is 0 Å². The Bertz CT molecular complexity index is 405. The smallest absolute Gasteiger partial charge is 0.303 e. The van der Waals surface area contributed by atoms with Gasteiger partial charge in [0.1, 0.15) is 0 Å². The van der Waals surface area contributed by atoms with Crippen molar-refractivity contribution >= 4 is 11.7 Å². The highest BCUT2D eigenvalue weighted by Crippen LogP contribution is 2.22. The van der Waals surface area contributed by atoms with Crippen molar-refractivity contribution in [3.05, 3.63) is 29.3 Å². The monoisotopic (exact) mass is 229 g/mol. The van der Waals surface area contributed by atoms with E-state index in [4.69, 9.17) is 5.11 Å². The van der Waals surface area contributed by atoms with E-state index in [0.717, 1.165) is 6.07 Å². The molecule has 0 spiro atoms. The van der Waals surface area contributed by atoms with E-state index in [2.05, 4.69) is 0 Å². The largest absolute Gasteiger partial charge is 0.481 e. The predicted molar refractivity (Wildman–Crippen MR) is 56.6 cm³/mol. The maximum Gasteiger partial charge on any atom is 0.303 e. The van der Waals surface area contributed by atoms with Crippen LogP contribution in [-0.4, -0.2) is 25.2 Å². The van der Waals surface area contributed by atoms with Crippen LogP contribution in [0.2, 0.25) is 0 Å². The average molecular weight is 229 g/mol. The van der Waals surface area contributed by atoms with Gasteiger partial charge in [0, 0.05) is 20.5 Å². The maximum absolute atomic E-state index is 13.3. The molecule has 0 radical (unpaired) electrons. The van der Waals surface area contributed by atoms with Crippen molar-refractivity contribution in [2.24, 2.45) is 0 Å². The average Bonchev–Trinajstić information content (AvgIpc) is 2.19. The fourth-order valence-electron chi connectivity index (χ4n) is 1.35. The van der Waals surface area contributed by atoms with Gasteiger partial charge in [0.25, 0.3) is 0 Å². The second-order valence-corrected chi connectivity index (χ2v) is 3.70. The summed E-state index contributed by atoms with van der Waals surface area (Å²) in [5.41, 5.74) is 0.602. The highest BCUT2D eigenvalue weighted by Gasteiger charge is 2.12. The Balaban J connectivity index is 2.99. The molecule has 0 amide bonds. The number of anilines is 1. The van der Waals surface area contributed by atoms with E-state index in [1.54, 1.807) is 14.1 Å². The summed E-state index contributed by atoms with van der Waals surface area (Å²) in [6.45, 7) is 0. The van der Waals surface area contributed by atoms with Gasteiger partial charge in [0.2, 0.25) is 0 Å². The number of rotatable bonds is 4. The van der Waals surface area contributed by atoms with E-state index in [1.807, 2.05) is 0 Å². The Morgan fingerprint density at radius 2 is 2.00 bits per heavy atom. The maximum atomic E-state index is 13.3. The van der Waals surface area contributed by atoms with Gasteiger partial charge in [-0.25, -0.2) is 8.78 Å². The summed E-state index contributed by atoms with van der Waals surface area (Å²) in [6.07, 6.45) is 0.0886. The number of carboxylic acids is 1. The van der Waals surface area contributed by atoms with Crippen molar-refractivity contribution in [1.29, 1.82) is 0 Å². The van der Waals surface area contributed by atoms with E-state index >= 15 is 0 Å². The number of nitrogens with zero attached hydrogens (tertiary/aromatic N) is 1. The summed E-state index contributed by atoms with van der Waals surface area (Å²) in [7, 11) is 3.19. The minimum atomic E-state index is -0.962. The summed E-state index contributed by atoms with van der Waals surface area (Å²) in [5.74, 6) is -2.83. The Morgan fingerprint density at radius 1 is 1.38 bits per heavy atom. The minimum absolute atomic E-state index is 0.0993. The first-order chi connectivity index (χ1) is 7.41. The number of benzene rings is 1. The van der Waals surface area contributed by atoms with Crippen LogP contribution >= 0.6 is 0 Å². The van der Waals surface area contributed by atoms with Crippen LogP contribution in [-0.2, 0) is 11.2 Å². The zero-order valence-corrected chi connectivity index (χ0v) is 9.13. The molecule has 0 heterocycles. The second-order valence-electron chi connectivity index (χ2n) is 3.70. The zero-order chi connectivity index (χ0) is 12.3. The van der Waals surface area contributed by atoms with Crippen LogP contribution in [0.5, 0.6) is 0 Å². The molecule has 1 aromatic carbocycles. The normalized spacial score (nSPS) is 10.2. The lowest BCUT2D eigenvalue weighted by atomic mass is 10.1. The highest BCUT2D eigenvalue weighted by molar-refractivity contribution is 5.67. The third kappa shape index (κ3) is 2.92. The highest BCUT2D eigenvalue weighted by atomic mass is 19.2. The molecule has 16 heavy (non-hydrogen) atoms. The van der Waals surface area contributed by atoms with Gasteiger partial charge in [0.05, 0.1) is 5.69 Å². The van der Waals surface area contributed by atoms with Crippen LogP contribution in [0.1, 0.15) is 12.0 Å². The predicted octanol–water partition coefficient (Wildman–Crippen LogP) is 2.05. The van der Waals surface area contributed by atoms with E-state index < -0.39 is 17.6 Å². The standard InChI is InChI=1S/C11H13F2NO2/c1-14(2)9-6-7(3-4-10(15)16)5-8(12)11(9)13/h5-6H,3-4H2,1-2H3,(H,15,16). The molecule has 88 valence electrons. The molecule has 3 nitrogen and oxygen atoms in total. The minimum Gasteiger partial charge on any atom is -0.481 e. The summed E-state index contributed by atoms with van der Waals surface area (Å²) >= 11 is 0. The van der Waals surface area contributed by atoms with Crippen LogP contribution < -0.4 is 4.90 Å². The second kappa shape index (κ2) is 4.92. The molecule has 1 N–H and O–H groups in total. The molecule has 0 aromatic heterocycles. The first kappa shape index (κ1) is 12.4. The van der Waals surface area contributed by atoms with E-state index in [9.17, 15) is 13.6 Å². The third-order valence-corrected chi connectivity index (χ3v) is 2.18. The lowest BCUT2D eigenvalue weighted by Gasteiger charge is -2.15. The van der Waals surface area contributed by atoms with Gasteiger partial charge < -0.3 is 10.0 Å². The molecular formula is C11H13F2NO2. The molecule has 0 fully saturated rings. The van der Waals surface area contributed by atoms with Crippen LogP contribution in [0, 0.1) is 11.6 Å². The molecule has 0 saturated heterocycles. The van der Waals surface area contributed by atoms with Gasteiger partial charge in [-0.2, -0.15) is 0 Å². The lowest BCUT2D eigenvalue weighted by molar-refractivity contribution is -0.136. The number of carboxylic acid groups (broad SMARTS) is 1. The summed E-state index contributed by atoms with van der Waals surface area (Å²) in [5, 5.41) is 8.50. The molecule has 0 aliphatic carbocycles. The Hall–Kier alpha value is -1.65. The number of hydrogen-bond donors (Lipinski definition) is 1. The Morgan fingerprint density at radius 3 is 2.50 bits per heavy atom. The molecule has 0 saturated carbocycles. The summed E-state index contributed by atoms with van der Waals surface area (Å²) < 4.78 is 26.5. The molecule has 1 aromatic rings. The van der Waals surface area contributed by atoms with Crippen LogP contribution in [0.25, 0.3) is 0 Å². The van der Waals surface area contributed by atoms with Crippen LogP contribution in [0.3, 0.4) is 0 Å². The van der Waals surface area contributed by atoms with Gasteiger partial charge in [0.15, 0.2) is 11.6 Å². The Kier molecular flexibility index (Phi) is 3.82. The first-order valence-corrected chi connectivity index (χ1v) is 4.79. The molecular weight excluding hydrogens is 216 g/mol.